The van der Waals surface area contributed by atoms with E-state index in [0.717, 1.165) is 14.3 Å². The van der Waals surface area contributed by atoms with Gasteiger partial charge in [-0.2, -0.15) is 0 Å². The molecule has 0 spiro atoms. The van der Waals surface area contributed by atoms with Crippen LogP contribution in [0.3, 0.4) is 0 Å². The normalized spacial score (nSPS) is 12.5. The second kappa shape index (κ2) is 7.39. The molecule has 1 rings (SSSR count). The predicted octanol–water partition coefficient (Wildman–Crippen LogP) is 6.59. The number of hydrogen-bond acceptors (Lipinski definition) is 3. The SMILES string of the molecule is Cc1cc(S)c(Br)c(C(C)C(C)C)c(S)cc(C)s1. The Hall–Kier alpha value is 0.360. The van der Waals surface area contributed by atoms with E-state index >= 15 is 0 Å². The van der Waals surface area contributed by atoms with Gasteiger partial charge < -0.3 is 0 Å². The summed E-state index contributed by atoms with van der Waals surface area (Å²) in [4.78, 5) is 4.46. The van der Waals surface area contributed by atoms with Crippen molar-refractivity contribution >= 4 is 52.5 Å². The number of rotatable bonds is 2. The third kappa shape index (κ3) is 4.69. The summed E-state index contributed by atoms with van der Waals surface area (Å²) in [6.45, 7) is 10.9. The van der Waals surface area contributed by atoms with Crippen molar-refractivity contribution in [2.45, 2.75) is 50.3 Å². The molecule has 0 saturated carbocycles. The standard InChI is InChI=1S/C15H21BrS3/c1-8(2)11(5)14-12(17)6-9(3)19-10(4)7-13(18)15(14)16/h6-8,11,17-18H,1-5H3. The summed E-state index contributed by atoms with van der Waals surface area (Å²) in [5, 5.41) is 0. The van der Waals surface area contributed by atoms with E-state index < -0.39 is 0 Å². The number of thiol groups is 2. The van der Waals surface area contributed by atoms with E-state index in [2.05, 4.69) is 75.3 Å². The molecule has 0 fully saturated rings. The third-order valence-corrected chi connectivity index (χ3v) is 5.96. The Morgan fingerprint density at radius 3 is 1.95 bits per heavy atom. The van der Waals surface area contributed by atoms with Crippen LogP contribution in [0.15, 0.2) is 26.4 Å². The molecule has 0 radical (unpaired) electrons. The van der Waals surface area contributed by atoms with Gasteiger partial charge in [-0.25, -0.2) is 0 Å². The third-order valence-electron chi connectivity index (χ3n) is 3.19. The van der Waals surface area contributed by atoms with Gasteiger partial charge in [0.1, 0.15) is 0 Å². The van der Waals surface area contributed by atoms with Crippen molar-refractivity contribution in [2.75, 3.05) is 0 Å². The highest BCUT2D eigenvalue weighted by Gasteiger charge is 2.16. The van der Waals surface area contributed by atoms with Gasteiger partial charge in [0, 0.05) is 24.0 Å². The van der Waals surface area contributed by atoms with Crippen LogP contribution in [0.25, 0.3) is 0 Å². The lowest BCUT2D eigenvalue weighted by Gasteiger charge is -2.19. The van der Waals surface area contributed by atoms with Crippen molar-refractivity contribution in [1.29, 1.82) is 0 Å². The minimum Gasteiger partial charge on any atom is -0.146 e. The van der Waals surface area contributed by atoms with Crippen LogP contribution in [-0.4, -0.2) is 0 Å². The van der Waals surface area contributed by atoms with E-state index in [1.54, 1.807) is 11.3 Å². The summed E-state index contributed by atoms with van der Waals surface area (Å²) >= 11 is 14.8. The first kappa shape index (κ1) is 17.4. The molecule has 0 N–H and O–H groups in total. The lowest BCUT2D eigenvalue weighted by molar-refractivity contribution is 0.526. The van der Waals surface area contributed by atoms with Crippen molar-refractivity contribution in [3.8, 4) is 0 Å². The lowest BCUT2D eigenvalue weighted by atomic mass is 9.91. The van der Waals surface area contributed by atoms with Gasteiger partial charge in [-0.3, -0.25) is 0 Å². The van der Waals surface area contributed by atoms with Crippen LogP contribution in [0.5, 0.6) is 0 Å². The number of aryl methyl sites for hydroxylation is 2. The quantitative estimate of drug-likeness (QED) is 0.534. The molecule has 0 aliphatic heterocycles. The van der Waals surface area contributed by atoms with Gasteiger partial charge in [0.2, 0.25) is 0 Å². The fourth-order valence-electron chi connectivity index (χ4n) is 1.86. The van der Waals surface area contributed by atoms with E-state index in [4.69, 9.17) is 12.6 Å². The lowest BCUT2D eigenvalue weighted by Crippen LogP contribution is -2.03. The maximum Gasteiger partial charge on any atom is 0.0354 e. The van der Waals surface area contributed by atoms with Crippen molar-refractivity contribution in [3.05, 3.63) is 31.9 Å². The molecule has 1 atom stereocenters. The highest BCUT2D eigenvalue weighted by molar-refractivity contribution is 9.10. The first-order chi connectivity index (χ1) is 8.73. The largest absolute Gasteiger partial charge is 0.146 e. The average molecular weight is 377 g/mol. The number of halogens is 1. The summed E-state index contributed by atoms with van der Waals surface area (Å²) in [5.74, 6) is 0.975. The smallest absolute Gasteiger partial charge is 0.0354 e. The summed E-state index contributed by atoms with van der Waals surface area (Å²) in [6.07, 6.45) is 0. The van der Waals surface area contributed by atoms with Crippen LogP contribution in [0.2, 0.25) is 0 Å². The minimum absolute atomic E-state index is 0.421. The topological polar surface area (TPSA) is 0 Å². The molecule has 0 amide bonds. The summed E-state index contributed by atoms with van der Waals surface area (Å²) in [7, 11) is 0. The van der Waals surface area contributed by atoms with E-state index in [1.807, 2.05) is 0 Å². The van der Waals surface area contributed by atoms with Gasteiger partial charge in [-0.15, -0.1) is 36.6 Å². The van der Waals surface area contributed by atoms with Gasteiger partial charge in [-0.05, 0) is 59.3 Å². The van der Waals surface area contributed by atoms with Crippen LogP contribution in [0.1, 0.15) is 42.0 Å². The van der Waals surface area contributed by atoms with E-state index in [1.165, 1.54) is 15.3 Å². The van der Waals surface area contributed by atoms with Crippen molar-refractivity contribution < 1.29 is 0 Å². The Balaban J connectivity index is 3.76. The Morgan fingerprint density at radius 1 is 1.00 bits per heavy atom. The second-order valence-corrected chi connectivity index (χ2v) is 8.39. The highest BCUT2D eigenvalue weighted by Crippen LogP contribution is 2.37. The van der Waals surface area contributed by atoms with Crippen LogP contribution in [-0.2, 0) is 0 Å². The second-order valence-electron chi connectivity index (χ2n) is 5.14. The molecule has 106 valence electrons. The molecular formula is C15H21BrS3. The predicted molar refractivity (Wildman–Crippen MR) is 96.9 cm³/mol. The van der Waals surface area contributed by atoms with E-state index in [9.17, 15) is 0 Å². The Labute approximate surface area is 140 Å². The summed E-state index contributed by atoms with van der Waals surface area (Å²) in [5.41, 5.74) is 1.23. The molecule has 1 unspecified atom stereocenters. The van der Waals surface area contributed by atoms with E-state index in [0.29, 0.717) is 11.8 Å². The Morgan fingerprint density at radius 2 is 1.47 bits per heavy atom. The maximum absolute atomic E-state index is 4.71. The summed E-state index contributed by atoms with van der Waals surface area (Å²) < 4.78 is 1.05. The zero-order valence-corrected chi connectivity index (χ0v) is 16.2. The first-order valence-corrected chi connectivity index (χ1v) is 8.81. The molecule has 0 saturated heterocycles. The zero-order chi connectivity index (χ0) is 14.7. The van der Waals surface area contributed by atoms with Crippen molar-refractivity contribution in [2.24, 2.45) is 5.92 Å². The Bertz CT molecular complexity index is 517. The molecule has 0 aliphatic rings. The molecule has 1 heterocycles. The van der Waals surface area contributed by atoms with Gasteiger partial charge in [0.05, 0.1) is 0 Å². The zero-order valence-electron chi connectivity index (χ0n) is 12.0. The van der Waals surface area contributed by atoms with Crippen molar-refractivity contribution in [3.63, 3.8) is 0 Å². The summed E-state index contributed by atoms with van der Waals surface area (Å²) in [6, 6.07) is 4.25. The Kier molecular flexibility index (Phi) is 6.77. The molecule has 1 aromatic heterocycles. The van der Waals surface area contributed by atoms with Crippen molar-refractivity contribution in [1.82, 2.24) is 0 Å². The van der Waals surface area contributed by atoms with Gasteiger partial charge in [0.25, 0.3) is 0 Å². The van der Waals surface area contributed by atoms with Crippen LogP contribution in [0.4, 0.5) is 0 Å². The van der Waals surface area contributed by atoms with Gasteiger partial charge >= 0.3 is 0 Å². The van der Waals surface area contributed by atoms with Gasteiger partial charge in [0.15, 0.2) is 0 Å². The van der Waals surface area contributed by atoms with Crippen LogP contribution < -0.4 is 0 Å². The van der Waals surface area contributed by atoms with Crippen LogP contribution >= 0.6 is 52.5 Å². The first-order valence-electron chi connectivity index (χ1n) is 6.30. The van der Waals surface area contributed by atoms with Gasteiger partial charge in [-0.1, -0.05) is 20.8 Å². The maximum atomic E-state index is 4.71. The fourth-order valence-corrected chi connectivity index (χ4v) is 4.56. The monoisotopic (exact) mass is 376 g/mol. The number of hydrogen-bond donors (Lipinski definition) is 2. The fraction of sp³-hybridized carbons (Fsp3) is 0.467. The molecule has 0 aromatic carbocycles. The molecule has 0 aliphatic carbocycles. The minimum atomic E-state index is 0.421. The molecule has 0 nitrogen and oxygen atoms in total. The van der Waals surface area contributed by atoms with Crippen LogP contribution in [0, 0.1) is 19.8 Å². The van der Waals surface area contributed by atoms with E-state index in [-0.39, 0.29) is 0 Å². The molecule has 1 aromatic rings. The molecular weight excluding hydrogens is 356 g/mol. The molecule has 19 heavy (non-hydrogen) atoms. The highest BCUT2D eigenvalue weighted by atomic mass is 79.9. The average Bonchev–Trinajstić information content (AvgIpc) is 2.29. The molecule has 4 heteroatoms. The molecule has 0 bridgehead atoms.